The minimum Gasteiger partial charge on any atom is -0.493 e. The zero-order valence-electron chi connectivity index (χ0n) is 14.8. The Labute approximate surface area is 172 Å². The number of methoxy groups -OCH3 is 2. The molecule has 28 heavy (non-hydrogen) atoms. The highest BCUT2D eigenvalue weighted by Gasteiger charge is 2.14. The first-order chi connectivity index (χ1) is 13.4. The number of carbonyl (C=O) groups is 1. The van der Waals surface area contributed by atoms with Crippen molar-refractivity contribution in [3.63, 3.8) is 0 Å². The fourth-order valence-electron chi connectivity index (χ4n) is 2.53. The van der Waals surface area contributed by atoms with E-state index in [9.17, 15) is 14.9 Å². The normalized spacial score (nSPS) is 11.0. The molecule has 0 fully saturated rings. The first-order valence-corrected chi connectivity index (χ1v) is 9.46. The molecule has 0 spiro atoms. The third kappa shape index (κ3) is 4.12. The lowest BCUT2D eigenvalue weighted by Crippen LogP contribution is -2.16. The third-order valence-electron chi connectivity index (χ3n) is 3.78. The van der Waals surface area contributed by atoms with Gasteiger partial charge in [-0.3, -0.25) is 14.9 Å². The van der Waals surface area contributed by atoms with E-state index in [-0.39, 0.29) is 5.69 Å². The number of carbonyl (C=O) groups excluding carboxylic acids is 1. The molecule has 0 aliphatic heterocycles. The smallest absolute Gasteiger partial charge is 0.281 e. The maximum Gasteiger partial charge on any atom is 0.281 e. The van der Waals surface area contributed by atoms with Gasteiger partial charge in [-0.1, -0.05) is 15.9 Å². The number of thiophene rings is 1. The van der Waals surface area contributed by atoms with Crippen molar-refractivity contribution in [2.24, 2.45) is 5.10 Å². The fourth-order valence-corrected chi connectivity index (χ4v) is 3.91. The summed E-state index contributed by atoms with van der Waals surface area (Å²) in [7, 11) is 3.04. The summed E-state index contributed by atoms with van der Waals surface area (Å²) in [5, 5.41) is 15.5. The van der Waals surface area contributed by atoms with E-state index in [1.54, 1.807) is 24.3 Å². The van der Waals surface area contributed by atoms with Crippen LogP contribution in [0.15, 0.2) is 46.0 Å². The van der Waals surface area contributed by atoms with Crippen LogP contribution in [0, 0.1) is 10.1 Å². The van der Waals surface area contributed by atoms with E-state index >= 15 is 0 Å². The molecule has 1 heterocycles. The van der Waals surface area contributed by atoms with E-state index in [2.05, 4.69) is 26.5 Å². The molecule has 3 rings (SSSR count). The summed E-state index contributed by atoms with van der Waals surface area (Å²) in [6.45, 7) is 0. The number of hydrazone groups is 1. The average Bonchev–Trinajstić information content (AvgIpc) is 3.10. The van der Waals surface area contributed by atoms with Gasteiger partial charge in [0, 0.05) is 32.3 Å². The maximum atomic E-state index is 12.4. The number of amides is 1. The van der Waals surface area contributed by atoms with Crippen molar-refractivity contribution in [2.45, 2.75) is 0 Å². The summed E-state index contributed by atoms with van der Waals surface area (Å²) in [6, 6.07) is 9.59. The molecule has 0 saturated carbocycles. The number of halogens is 1. The number of rotatable bonds is 6. The van der Waals surface area contributed by atoms with E-state index in [1.807, 2.05) is 0 Å². The minimum atomic E-state index is -0.471. The van der Waals surface area contributed by atoms with Gasteiger partial charge >= 0.3 is 0 Å². The predicted molar refractivity (Wildman–Crippen MR) is 111 cm³/mol. The number of hydrogen-bond donors (Lipinski definition) is 1. The van der Waals surface area contributed by atoms with Crippen LogP contribution in [0.2, 0.25) is 0 Å². The lowest BCUT2D eigenvalue weighted by atomic mass is 10.2. The van der Waals surface area contributed by atoms with Crippen molar-refractivity contribution in [2.75, 3.05) is 14.2 Å². The van der Waals surface area contributed by atoms with Gasteiger partial charge in [0.05, 0.1) is 30.2 Å². The van der Waals surface area contributed by atoms with E-state index in [0.29, 0.717) is 27.3 Å². The highest BCUT2D eigenvalue weighted by molar-refractivity contribution is 9.10. The molecule has 144 valence electrons. The first kappa shape index (κ1) is 19.8. The molecule has 3 aromatic rings. The van der Waals surface area contributed by atoms with Crippen LogP contribution in [-0.4, -0.2) is 31.3 Å². The molecule has 0 aliphatic carbocycles. The Bertz CT molecular complexity index is 1100. The molecule has 8 nitrogen and oxygen atoms in total. The number of ether oxygens (including phenoxy) is 2. The van der Waals surface area contributed by atoms with Crippen LogP contribution in [0.4, 0.5) is 5.69 Å². The van der Waals surface area contributed by atoms with Gasteiger partial charge in [-0.15, -0.1) is 11.3 Å². The largest absolute Gasteiger partial charge is 0.493 e. The minimum absolute atomic E-state index is 0.0222. The molecule has 1 aromatic heterocycles. The molecule has 0 saturated heterocycles. The topological polar surface area (TPSA) is 103 Å². The summed E-state index contributed by atoms with van der Waals surface area (Å²) < 4.78 is 12.1. The summed E-state index contributed by atoms with van der Waals surface area (Å²) in [5.41, 5.74) is 3.04. The molecule has 1 amide bonds. The summed E-state index contributed by atoms with van der Waals surface area (Å²) >= 11 is 4.61. The molecular weight excluding hydrogens is 450 g/mol. The zero-order chi connectivity index (χ0) is 20.3. The van der Waals surface area contributed by atoms with Gasteiger partial charge < -0.3 is 9.47 Å². The molecule has 10 heteroatoms. The zero-order valence-corrected chi connectivity index (χ0v) is 17.2. The average molecular weight is 464 g/mol. The molecule has 0 atom stereocenters. The van der Waals surface area contributed by atoms with Gasteiger partial charge in [0.2, 0.25) is 0 Å². The number of nitro benzene ring substituents is 1. The summed E-state index contributed by atoms with van der Waals surface area (Å²) in [5.74, 6) is 0.592. The van der Waals surface area contributed by atoms with Crippen LogP contribution in [0.1, 0.15) is 15.2 Å². The van der Waals surface area contributed by atoms with E-state index in [1.165, 1.54) is 43.9 Å². The van der Waals surface area contributed by atoms with Crippen LogP contribution in [0.3, 0.4) is 0 Å². The van der Waals surface area contributed by atoms with Gasteiger partial charge in [0.25, 0.3) is 11.6 Å². The van der Waals surface area contributed by atoms with E-state index in [4.69, 9.17) is 9.47 Å². The highest BCUT2D eigenvalue weighted by atomic mass is 79.9. The number of benzene rings is 2. The Hall–Kier alpha value is -2.98. The Morgan fingerprint density at radius 1 is 1.25 bits per heavy atom. The van der Waals surface area contributed by atoms with Crippen LogP contribution >= 0.6 is 27.3 Å². The van der Waals surface area contributed by atoms with Crippen molar-refractivity contribution in [1.82, 2.24) is 5.43 Å². The second-order valence-electron chi connectivity index (χ2n) is 5.52. The van der Waals surface area contributed by atoms with Gasteiger partial charge in [0.1, 0.15) is 0 Å². The van der Waals surface area contributed by atoms with Gasteiger partial charge in [0.15, 0.2) is 11.5 Å². The lowest BCUT2D eigenvalue weighted by molar-refractivity contribution is -0.384. The molecule has 2 aromatic carbocycles. The van der Waals surface area contributed by atoms with Crippen molar-refractivity contribution < 1.29 is 19.2 Å². The third-order valence-corrected chi connectivity index (χ3v) is 5.35. The molecule has 0 aliphatic rings. The number of fused-ring (bicyclic) bond motifs is 1. The van der Waals surface area contributed by atoms with Crippen LogP contribution in [-0.2, 0) is 0 Å². The molecule has 0 radical (unpaired) electrons. The number of hydrogen-bond acceptors (Lipinski definition) is 7. The number of nitro groups is 1. The first-order valence-electron chi connectivity index (χ1n) is 7.86. The number of nitrogens with zero attached hydrogens (tertiary/aromatic N) is 2. The van der Waals surface area contributed by atoms with E-state index < -0.39 is 10.8 Å². The van der Waals surface area contributed by atoms with E-state index in [0.717, 1.165) is 9.17 Å². The second-order valence-corrected chi connectivity index (χ2v) is 7.52. The van der Waals surface area contributed by atoms with Gasteiger partial charge in [-0.2, -0.15) is 5.10 Å². The predicted octanol–water partition coefficient (Wildman–Crippen LogP) is 4.35. The van der Waals surface area contributed by atoms with Crippen LogP contribution < -0.4 is 14.9 Å². The van der Waals surface area contributed by atoms with Crippen molar-refractivity contribution in [1.29, 1.82) is 0 Å². The Morgan fingerprint density at radius 2 is 2.04 bits per heavy atom. The number of non-ortho nitro benzene ring substituents is 1. The SMILES string of the molecule is COc1cc(Br)cc(/C=N\NC(=O)c2cc3cc([N+](=O)[O-])ccc3s2)c1OC. The van der Waals surface area contributed by atoms with Gasteiger partial charge in [-0.25, -0.2) is 5.43 Å². The fraction of sp³-hybridized carbons (Fsp3) is 0.111. The lowest BCUT2D eigenvalue weighted by Gasteiger charge is -2.10. The summed E-state index contributed by atoms with van der Waals surface area (Å²) in [4.78, 5) is 23.1. The Kier molecular flexibility index (Phi) is 5.90. The standard InChI is InChI=1S/C18H14BrN3O5S/c1-26-14-8-12(19)5-11(17(14)27-2)9-20-21-18(23)16-7-10-6-13(22(24)25)3-4-15(10)28-16/h3-9H,1-2H3,(H,21,23)/b20-9-. The molecular formula is C18H14BrN3O5S. The van der Waals surface area contributed by atoms with Crippen molar-refractivity contribution >= 4 is 55.2 Å². The van der Waals surface area contributed by atoms with Gasteiger partial charge in [-0.05, 0) is 24.3 Å². The van der Waals surface area contributed by atoms with Crippen molar-refractivity contribution in [3.8, 4) is 11.5 Å². The van der Waals surface area contributed by atoms with Crippen molar-refractivity contribution in [3.05, 3.63) is 61.4 Å². The van der Waals surface area contributed by atoms with Crippen LogP contribution in [0.25, 0.3) is 10.1 Å². The number of nitrogens with one attached hydrogen (secondary N) is 1. The molecule has 0 unspecified atom stereocenters. The quantitative estimate of drug-likeness (QED) is 0.332. The van der Waals surface area contributed by atoms with Crippen LogP contribution in [0.5, 0.6) is 11.5 Å². The Morgan fingerprint density at radius 3 is 2.71 bits per heavy atom. The Balaban J connectivity index is 1.80. The second kappa shape index (κ2) is 8.36. The highest BCUT2D eigenvalue weighted by Crippen LogP contribution is 2.33. The molecule has 0 bridgehead atoms. The molecule has 1 N–H and O–H groups in total. The monoisotopic (exact) mass is 463 g/mol. The maximum absolute atomic E-state index is 12.4. The summed E-state index contributed by atoms with van der Waals surface area (Å²) in [6.07, 6.45) is 1.45.